The first-order chi connectivity index (χ1) is 8.19. The third-order valence-electron chi connectivity index (χ3n) is 2.80. The minimum absolute atomic E-state index is 0.0143. The van der Waals surface area contributed by atoms with Crippen LogP contribution in [-0.2, 0) is 4.79 Å². The molecule has 0 aliphatic carbocycles. The molecule has 1 aliphatic rings. The highest BCUT2D eigenvalue weighted by atomic mass is 16.5. The molecule has 5 nitrogen and oxygen atoms in total. The van der Waals surface area contributed by atoms with Gasteiger partial charge in [0, 0.05) is 19.4 Å². The van der Waals surface area contributed by atoms with Crippen LogP contribution in [0.5, 0.6) is 5.75 Å². The topological polar surface area (TPSA) is 62.4 Å². The lowest BCUT2D eigenvalue weighted by Gasteiger charge is -2.10. The van der Waals surface area contributed by atoms with Gasteiger partial charge in [-0.15, -0.1) is 0 Å². The van der Waals surface area contributed by atoms with Gasteiger partial charge in [-0.1, -0.05) is 12.1 Å². The van der Waals surface area contributed by atoms with Crippen LogP contribution >= 0.6 is 0 Å². The molecule has 2 rings (SSSR count). The van der Waals surface area contributed by atoms with Crippen molar-refractivity contribution in [3.63, 3.8) is 0 Å². The van der Waals surface area contributed by atoms with Crippen LogP contribution in [0.25, 0.3) is 0 Å². The molecular formula is C12H17N3O2. The summed E-state index contributed by atoms with van der Waals surface area (Å²) in [5.74, 6) is 0.817. The van der Waals surface area contributed by atoms with Crippen LogP contribution in [0.3, 0.4) is 0 Å². The number of carbonyl (C=O) groups is 1. The van der Waals surface area contributed by atoms with Crippen molar-refractivity contribution in [1.29, 1.82) is 0 Å². The van der Waals surface area contributed by atoms with E-state index in [1.807, 2.05) is 24.3 Å². The number of hydrogen-bond acceptors (Lipinski definition) is 4. The minimum Gasteiger partial charge on any atom is -0.497 e. The number of carbonyl (C=O) groups excluding carboxylic acids is 1. The number of amides is 1. The molecule has 2 atom stereocenters. The van der Waals surface area contributed by atoms with Crippen molar-refractivity contribution >= 4 is 5.91 Å². The van der Waals surface area contributed by atoms with Gasteiger partial charge < -0.3 is 10.1 Å². The molecule has 1 saturated heterocycles. The number of rotatable bonds is 3. The van der Waals surface area contributed by atoms with Crippen molar-refractivity contribution in [3.8, 4) is 5.75 Å². The van der Waals surface area contributed by atoms with E-state index in [0.717, 1.165) is 12.2 Å². The number of ether oxygens (including phenoxy) is 1. The zero-order chi connectivity index (χ0) is 12.3. The molecule has 0 radical (unpaired) electrons. The van der Waals surface area contributed by atoms with Crippen molar-refractivity contribution in [2.45, 2.75) is 25.6 Å². The second-order valence-corrected chi connectivity index (χ2v) is 4.10. The molecule has 1 fully saturated rings. The van der Waals surface area contributed by atoms with E-state index in [1.165, 1.54) is 12.5 Å². The van der Waals surface area contributed by atoms with E-state index in [4.69, 9.17) is 4.74 Å². The summed E-state index contributed by atoms with van der Waals surface area (Å²) in [5, 5.41) is 2.83. The Labute approximate surface area is 101 Å². The standard InChI is InChI=1S/C12H17N3O2/c1-8(16)13-12-7-11(14-15-12)9-3-5-10(17-2)6-4-9/h3-6,11-12,14-15H,7H2,1-2H3,(H,13,16). The zero-order valence-electron chi connectivity index (χ0n) is 9.99. The Morgan fingerprint density at radius 2 is 2.06 bits per heavy atom. The van der Waals surface area contributed by atoms with E-state index in [1.54, 1.807) is 7.11 Å². The number of benzene rings is 1. The van der Waals surface area contributed by atoms with Gasteiger partial charge in [-0.25, -0.2) is 10.9 Å². The monoisotopic (exact) mass is 235 g/mol. The van der Waals surface area contributed by atoms with Crippen molar-refractivity contribution in [2.24, 2.45) is 0 Å². The second kappa shape index (κ2) is 5.16. The third kappa shape index (κ3) is 2.95. The number of nitrogens with one attached hydrogen (secondary N) is 3. The normalized spacial score (nSPS) is 23.4. The van der Waals surface area contributed by atoms with Crippen molar-refractivity contribution < 1.29 is 9.53 Å². The first kappa shape index (κ1) is 11.9. The lowest BCUT2D eigenvalue weighted by Crippen LogP contribution is -2.43. The van der Waals surface area contributed by atoms with Crippen molar-refractivity contribution in [3.05, 3.63) is 29.8 Å². The summed E-state index contributed by atoms with van der Waals surface area (Å²) in [5.41, 5.74) is 7.38. The van der Waals surface area contributed by atoms with Gasteiger partial charge in [0.15, 0.2) is 0 Å². The Morgan fingerprint density at radius 1 is 1.35 bits per heavy atom. The van der Waals surface area contributed by atoms with Crippen LogP contribution < -0.4 is 20.9 Å². The summed E-state index contributed by atoms with van der Waals surface area (Å²) in [6.45, 7) is 1.52. The van der Waals surface area contributed by atoms with Crippen LogP contribution in [0.2, 0.25) is 0 Å². The molecule has 1 aromatic carbocycles. The molecule has 0 spiro atoms. The van der Waals surface area contributed by atoms with Crippen molar-refractivity contribution in [2.75, 3.05) is 7.11 Å². The first-order valence-corrected chi connectivity index (χ1v) is 5.61. The maximum Gasteiger partial charge on any atom is 0.218 e. The van der Waals surface area contributed by atoms with Crippen LogP contribution in [-0.4, -0.2) is 19.2 Å². The van der Waals surface area contributed by atoms with E-state index in [-0.39, 0.29) is 18.1 Å². The zero-order valence-corrected chi connectivity index (χ0v) is 9.99. The van der Waals surface area contributed by atoms with E-state index >= 15 is 0 Å². The Bertz CT molecular complexity index is 391. The van der Waals surface area contributed by atoms with Gasteiger partial charge >= 0.3 is 0 Å². The predicted octanol–water partition coefficient (Wildman–Crippen LogP) is 0.696. The molecule has 1 heterocycles. The highest BCUT2D eigenvalue weighted by Crippen LogP contribution is 2.23. The van der Waals surface area contributed by atoms with Crippen LogP contribution in [0, 0.1) is 0 Å². The lowest BCUT2D eigenvalue weighted by molar-refractivity contribution is -0.119. The summed E-state index contributed by atoms with van der Waals surface area (Å²) in [7, 11) is 1.65. The Morgan fingerprint density at radius 3 is 2.65 bits per heavy atom. The molecule has 3 N–H and O–H groups in total. The quantitative estimate of drug-likeness (QED) is 0.721. The molecule has 1 amide bonds. The van der Waals surface area contributed by atoms with Gasteiger partial charge in [0.1, 0.15) is 5.75 Å². The van der Waals surface area contributed by atoms with Crippen LogP contribution in [0.4, 0.5) is 0 Å². The number of methoxy groups -OCH3 is 1. The summed E-state index contributed by atoms with van der Waals surface area (Å²) in [6.07, 6.45) is 0.811. The minimum atomic E-state index is -0.0281. The van der Waals surface area contributed by atoms with Gasteiger partial charge in [-0.3, -0.25) is 4.79 Å². The maximum atomic E-state index is 10.9. The van der Waals surface area contributed by atoms with Crippen LogP contribution in [0.1, 0.15) is 24.9 Å². The van der Waals surface area contributed by atoms with Crippen molar-refractivity contribution in [1.82, 2.24) is 16.2 Å². The molecule has 17 heavy (non-hydrogen) atoms. The van der Waals surface area contributed by atoms with E-state index < -0.39 is 0 Å². The molecule has 2 unspecified atom stereocenters. The Hall–Kier alpha value is -1.59. The summed E-state index contributed by atoms with van der Waals surface area (Å²) in [4.78, 5) is 10.9. The summed E-state index contributed by atoms with van der Waals surface area (Å²) < 4.78 is 5.11. The van der Waals surface area contributed by atoms with E-state index in [9.17, 15) is 4.79 Å². The molecule has 0 saturated carbocycles. The predicted molar refractivity (Wildman–Crippen MR) is 64.2 cm³/mol. The molecular weight excluding hydrogens is 218 g/mol. The molecule has 5 heteroatoms. The Balaban J connectivity index is 1.97. The van der Waals surface area contributed by atoms with Gasteiger partial charge in [0.2, 0.25) is 5.91 Å². The van der Waals surface area contributed by atoms with Gasteiger partial charge in [0.05, 0.1) is 13.3 Å². The largest absolute Gasteiger partial charge is 0.497 e. The summed E-state index contributed by atoms with van der Waals surface area (Å²) in [6, 6.07) is 8.12. The second-order valence-electron chi connectivity index (χ2n) is 4.10. The SMILES string of the molecule is COc1ccc(C2CC(NC(C)=O)NN2)cc1. The van der Waals surface area contributed by atoms with E-state index in [2.05, 4.69) is 16.2 Å². The smallest absolute Gasteiger partial charge is 0.218 e. The van der Waals surface area contributed by atoms with E-state index in [0.29, 0.717) is 0 Å². The number of hydrazine groups is 1. The fourth-order valence-electron chi connectivity index (χ4n) is 1.95. The lowest BCUT2D eigenvalue weighted by atomic mass is 10.0. The third-order valence-corrected chi connectivity index (χ3v) is 2.80. The maximum absolute atomic E-state index is 10.9. The van der Waals surface area contributed by atoms with Crippen LogP contribution in [0.15, 0.2) is 24.3 Å². The van der Waals surface area contributed by atoms with Gasteiger partial charge in [-0.2, -0.15) is 0 Å². The number of hydrogen-bond donors (Lipinski definition) is 3. The molecule has 0 aromatic heterocycles. The highest BCUT2D eigenvalue weighted by Gasteiger charge is 2.25. The average molecular weight is 235 g/mol. The molecule has 0 bridgehead atoms. The average Bonchev–Trinajstić information content (AvgIpc) is 2.77. The fourth-order valence-corrected chi connectivity index (χ4v) is 1.95. The molecule has 1 aliphatic heterocycles. The molecule has 1 aromatic rings. The van der Waals surface area contributed by atoms with Gasteiger partial charge in [-0.05, 0) is 17.7 Å². The fraction of sp³-hybridized carbons (Fsp3) is 0.417. The first-order valence-electron chi connectivity index (χ1n) is 5.61. The van der Waals surface area contributed by atoms with Gasteiger partial charge in [0.25, 0.3) is 0 Å². The highest BCUT2D eigenvalue weighted by molar-refractivity contribution is 5.73. The molecule has 92 valence electrons. The summed E-state index contributed by atoms with van der Waals surface area (Å²) >= 11 is 0. The Kier molecular flexibility index (Phi) is 3.61.